The van der Waals surface area contributed by atoms with Crippen molar-refractivity contribution in [2.75, 3.05) is 11.1 Å². The summed E-state index contributed by atoms with van der Waals surface area (Å²) >= 11 is 25.2. The van der Waals surface area contributed by atoms with E-state index in [-0.39, 0.29) is 34.2 Å². The molecule has 3 rings (SSSR count). The van der Waals surface area contributed by atoms with Gasteiger partial charge in [-0.2, -0.15) is 0 Å². The highest BCUT2D eigenvalue weighted by molar-refractivity contribution is 7.99. The molecule has 32 heavy (non-hydrogen) atoms. The molecule has 12 heteroatoms. The SMILES string of the molecule is CCn1c(CNC(=O)c2ccccc2Cl)nnc1SCC(=O)Nc1cc(Cl)c(Cl)cc1Cl. The average Bonchev–Trinajstić information content (AvgIpc) is 3.16. The number of thioether (sulfide) groups is 1. The van der Waals surface area contributed by atoms with Crippen molar-refractivity contribution in [1.29, 1.82) is 0 Å². The van der Waals surface area contributed by atoms with Crippen LogP contribution in [-0.4, -0.2) is 32.3 Å². The zero-order chi connectivity index (χ0) is 23.3. The second-order valence-corrected chi connectivity index (χ2v) is 8.96. The van der Waals surface area contributed by atoms with E-state index < -0.39 is 0 Å². The van der Waals surface area contributed by atoms with Crippen molar-refractivity contribution in [3.8, 4) is 0 Å². The number of hydrogen-bond acceptors (Lipinski definition) is 5. The fraction of sp³-hybridized carbons (Fsp3) is 0.200. The molecule has 0 saturated heterocycles. The summed E-state index contributed by atoms with van der Waals surface area (Å²) in [6.07, 6.45) is 0. The number of amides is 2. The Balaban J connectivity index is 1.60. The van der Waals surface area contributed by atoms with Gasteiger partial charge in [-0.3, -0.25) is 9.59 Å². The van der Waals surface area contributed by atoms with Crippen LogP contribution in [0.15, 0.2) is 41.6 Å². The molecular weight excluding hydrogens is 516 g/mol. The Kier molecular flexibility index (Phi) is 8.67. The van der Waals surface area contributed by atoms with Gasteiger partial charge in [0.15, 0.2) is 11.0 Å². The number of nitrogens with one attached hydrogen (secondary N) is 2. The summed E-state index contributed by atoms with van der Waals surface area (Å²) in [7, 11) is 0. The molecule has 0 spiro atoms. The smallest absolute Gasteiger partial charge is 0.253 e. The molecule has 0 saturated carbocycles. The minimum atomic E-state index is -0.312. The lowest BCUT2D eigenvalue weighted by atomic mass is 10.2. The average molecular weight is 533 g/mol. The molecule has 2 aromatic carbocycles. The fourth-order valence-corrected chi connectivity index (χ4v) is 4.35. The number of carbonyl (C=O) groups is 2. The molecule has 0 bridgehead atoms. The van der Waals surface area contributed by atoms with E-state index in [2.05, 4.69) is 20.8 Å². The highest BCUT2D eigenvalue weighted by Gasteiger charge is 2.16. The van der Waals surface area contributed by atoms with Crippen LogP contribution >= 0.6 is 58.2 Å². The third-order valence-corrected chi connectivity index (χ3v) is 6.58. The van der Waals surface area contributed by atoms with Gasteiger partial charge in [0.2, 0.25) is 5.91 Å². The number of carbonyl (C=O) groups excluding carboxylic acids is 2. The van der Waals surface area contributed by atoms with Crippen LogP contribution in [-0.2, 0) is 17.9 Å². The van der Waals surface area contributed by atoms with Crippen LogP contribution in [0, 0.1) is 0 Å². The van der Waals surface area contributed by atoms with Crippen molar-refractivity contribution in [2.24, 2.45) is 0 Å². The van der Waals surface area contributed by atoms with Crippen molar-refractivity contribution in [1.82, 2.24) is 20.1 Å². The van der Waals surface area contributed by atoms with Gasteiger partial charge >= 0.3 is 0 Å². The van der Waals surface area contributed by atoms with Gasteiger partial charge in [0.1, 0.15) is 0 Å². The first-order valence-corrected chi connectivity index (χ1v) is 11.8. The van der Waals surface area contributed by atoms with Gasteiger partial charge in [-0.25, -0.2) is 0 Å². The van der Waals surface area contributed by atoms with Crippen molar-refractivity contribution in [3.63, 3.8) is 0 Å². The summed E-state index contributed by atoms with van der Waals surface area (Å²) < 4.78 is 1.82. The Hall–Kier alpha value is -1.97. The lowest BCUT2D eigenvalue weighted by Gasteiger charge is -2.10. The Morgan fingerprint density at radius 2 is 1.72 bits per heavy atom. The highest BCUT2D eigenvalue weighted by Crippen LogP contribution is 2.32. The lowest BCUT2D eigenvalue weighted by Crippen LogP contribution is -2.25. The van der Waals surface area contributed by atoms with Gasteiger partial charge in [-0.05, 0) is 31.2 Å². The summed E-state index contributed by atoms with van der Waals surface area (Å²) in [6.45, 7) is 2.64. The molecule has 0 atom stereocenters. The number of rotatable bonds is 8. The molecule has 2 N–H and O–H groups in total. The summed E-state index contributed by atoms with van der Waals surface area (Å²) in [5.41, 5.74) is 0.746. The normalized spacial score (nSPS) is 10.8. The highest BCUT2D eigenvalue weighted by atomic mass is 35.5. The summed E-state index contributed by atoms with van der Waals surface area (Å²) in [6, 6.07) is 9.73. The zero-order valence-electron chi connectivity index (χ0n) is 16.7. The first kappa shape index (κ1) is 24.7. The van der Waals surface area contributed by atoms with Gasteiger partial charge in [-0.15, -0.1) is 10.2 Å². The number of nitrogens with zero attached hydrogens (tertiary/aromatic N) is 3. The van der Waals surface area contributed by atoms with Crippen molar-refractivity contribution in [3.05, 3.63) is 67.9 Å². The predicted molar refractivity (Wildman–Crippen MR) is 129 cm³/mol. The minimum absolute atomic E-state index is 0.0701. The van der Waals surface area contributed by atoms with E-state index >= 15 is 0 Å². The van der Waals surface area contributed by atoms with Crippen molar-refractivity contribution in [2.45, 2.75) is 25.2 Å². The summed E-state index contributed by atoms with van der Waals surface area (Å²) in [5, 5.41) is 15.5. The van der Waals surface area contributed by atoms with Gasteiger partial charge in [-0.1, -0.05) is 70.3 Å². The number of benzene rings is 2. The maximum Gasteiger partial charge on any atom is 0.253 e. The van der Waals surface area contributed by atoms with E-state index in [0.29, 0.717) is 38.8 Å². The van der Waals surface area contributed by atoms with E-state index in [1.165, 1.54) is 23.9 Å². The van der Waals surface area contributed by atoms with Crippen molar-refractivity contribution >= 4 is 75.7 Å². The second-order valence-electron chi connectivity index (χ2n) is 6.39. The molecule has 0 aliphatic carbocycles. The minimum Gasteiger partial charge on any atom is -0.345 e. The van der Waals surface area contributed by atoms with Crippen LogP contribution in [0.25, 0.3) is 0 Å². The topological polar surface area (TPSA) is 88.9 Å². The van der Waals surface area contributed by atoms with Gasteiger partial charge in [0, 0.05) is 6.54 Å². The standard InChI is InChI=1S/C20H17Cl4N5O2S/c1-2-29-17(9-25-19(31)11-5-3-4-6-12(11)21)27-28-20(29)32-10-18(30)26-16-8-14(23)13(22)7-15(16)24/h3-8H,2,9-10H2,1H3,(H,25,31)(H,26,30). The van der Waals surface area contributed by atoms with Crippen LogP contribution in [0.1, 0.15) is 23.1 Å². The molecular formula is C20H17Cl4N5O2S. The Bertz CT molecular complexity index is 1160. The molecule has 3 aromatic rings. The predicted octanol–water partition coefficient (Wildman–Crippen LogP) is 5.57. The third kappa shape index (κ3) is 6.08. The van der Waals surface area contributed by atoms with Crippen LogP contribution in [0.5, 0.6) is 0 Å². The van der Waals surface area contributed by atoms with Gasteiger partial charge in [0.25, 0.3) is 5.91 Å². The van der Waals surface area contributed by atoms with E-state index in [0.717, 1.165) is 0 Å². The van der Waals surface area contributed by atoms with Crippen LogP contribution in [0.3, 0.4) is 0 Å². The molecule has 2 amide bonds. The Morgan fingerprint density at radius 1 is 1.00 bits per heavy atom. The largest absolute Gasteiger partial charge is 0.345 e. The number of halogens is 4. The molecule has 0 unspecified atom stereocenters. The van der Waals surface area contributed by atoms with Gasteiger partial charge in [0.05, 0.1) is 43.6 Å². The van der Waals surface area contributed by atoms with Crippen LogP contribution in [0.2, 0.25) is 20.1 Å². The van der Waals surface area contributed by atoms with Gasteiger partial charge < -0.3 is 15.2 Å². The maximum absolute atomic E-state index is 12.4. The van der Waals surface area contributed by atoms with Crippen LogP contribution < -0.4 is 10.6 Å². The monoisotopic (exact) mass is 531 g/mol. The molecule has 0 aliphatic heterocycles. The molecule has 1 aromatic heterocycles. The molecule has 7 nitrogen and oxygen atoms in total. The van der Waals surface area contributed by atoms with Crippen LogP contribution in [0.4, 0.5) is 5.69 Å². The lowest BCUT2D eigenvalue weighted by molar-refractivity contribution is -0.113. The quantitative estimate of drug-likeness (QED) is 0.292. The number of aromatic nitrogens is 3. The second kappa shape index (κ2) is 11.2. The Labute approximate surface area is 208 Å². The van der Waals surface area contributed by atoms with E-state index in [9.17, 15) is 9.59 Å². The molecule has 168 valence electrons. The third-order valence-electron chi connectivity index (χ3n) is 4.25. The van der Waals surface area contributed by atoms with Crippen molar-refractivity contribution < 1.29 is 9.59 Å². The molecule has 0 aliphatic rings. The van der Waals surface area contributed by atoms with E-state index in [1.807, 2.05) is 11.5 Å². The first-order valence-electron chi connectivity index (χ1n) is 9.32. The number of anilines is 1. The molecule has 0 fully saturated rings. The van der Waals surface area contributed by atoms with E-state index in [4.69, 9.17) is 46.4 Å². The fourth-order valence-electron chi connectivity index (χ4n) is 2.71. The first-order chi connectivity index (χ1) is 15.3. The molecule has 0 radical (unpaired) electrons. The number of hydrogen-bond donors (Lipinski definition) is 2. The summed E-state index contributed by atoms with van der Waals surface area (Å²) in [5.74, 6) is 0.0203. The zero-order valence-corrected chi connectivity index (χ0v) is 20.5. The molecule has 1 heterocycles. The summed E-state index contributed by atoms with van der Waals surface area (Å²) in [4.78, 5) is 24.7. The Morgan fingerprint density at radius 3 is 2.44 bits per heavy atom. The van der Waals surface area contributed by atoms with E-state index in [1.54, 1.807) is 24.3 Å². The maximum atomic E-state index is 12.4.